The van der Waals surface area contributed by atoms with Crippen LogP contribution in [0.5, 0.6) is 0 Å². The normalized spacial score (nSPS) is 11.6. The van der Waals surface area contributed by atoms with Gasteiger partial charge in [-0.25, -0.2) is 4.79 Å². The van der Waals surface area contributed by atoms with Gasteiger partial charge in [-0.1, -0.05) is 15.9 Å². The Kier molecular flexibility index (Phi) is 2.47. The van der Waals surface area contributed by atoms with E-state index in [9.17, 15) is 9.59 Å². The van der Waals surface area contributed by atoms with E-state index in [1.54, 1.807) is 7.05 Å². The van der Waals surface area contributed by atoms with Gasteiger partial charge >= 0.3 is 5.69 Å². The summed E-state index contributed by atoms with van der Waals surface area (Å²) >= 11 is 3.42. The molecule has 98 valence electrons. The molecule has 0 amide bonds. The average molecular weight is 322 g/mol. The Morgan fingerprint density at radius 2 is 1.63 bits per heavy atom. The monoisotopic (exact) mass is 321 g/mol. The van der Waals surface area contributed by atoms with E-state index in [1.807, 2.05) is 29.8 Å². The zero-order valence-corrected chi connectivity index (χ0v) is 12.4. The fourth-order valence-electron chi connectivity index (χ4n) is 2.55. The zero-order valence-electron chi connectivity index (χ0n) is 10.8. The molecule has 0 aliphatic carbocycles. The van der Waals surface area contributed by atoms with Gasteiger partial charge in [0.1, 0.15) is 5.52 Å². The van der Waals surface area contributed by atoms with Gasteiger partial charge in [0.15, 0.2) is 0 Å². The number of fused-ring (bicyclic) bond motifs is 3. The first-order valence-electron chi connectivity index (χ1n) is 5.77. The Balaban J connectivity index is 2.80. The average Bonchev–Trinajstić information content (AvgIpc) is 2.67. The Morgan fingerprint density at radius 1 is 0.947 bits per heavy atom. The van der Waals surface area contributed by atoms with Gasteiger partial charge in [-0.05, 0) is 18.2 Å². The fraction of sp³-hybridized carbons (Fsp3) is 0.231. The molecule has 0 N–H and O–H groups in total. The van der Waals surface area contributed by atoms with E-state index in [0.29, 0.717) is 11.0 Å². The van der Waals surface area contributed by atoms with Crippen LogP contribution in [0, 0.1) is 0 Å². The molecule has 0 saturated carbocycles. The van der Waals surface area contributed by atoms with Gasteiger partial charge in [0, 0.05) is 31.0 Å². The summed E-state index contributed by atoms with van der Waals surface area (Å²) in [6, 6.07) is 5.78. The summed E-state index contributed by atoms with van der Waals surface area (Å²) in [5.41, 5.74) is 1.55. The lowest BCUT2D eigenvalue weighted by molar-refractivity contribution is 0.709. The minimum atomic E-state index is -0.315. The molecule has 19 heavy (non-hydrogen) atoms. The quantitative estimate of drug-likeness (QED) is 0.630. The van der Waals surface area contributed by atoms with Gasteiger partial charge in [0.2, 0.25) is 0 Å². The first kappa shape index (κ1) is 12.2. The number of halogens is 1. The summed E-state index contributed by atoms with van der Waals surface area (Å²) in [4.78, 5) is 24.3. The highest BCUT2D eigenvalue weighted by molar-refractivity contribution is 9.10. The van der Waals surface area contributed by atoms with E-state index in [2.05, 4.69) is 15.9 Å². The second-order valence-electron chi connectivity index (χ2n) is 4.62. The molecular formula is C13H12BrN3O2. The number of aryl methyl sites for hydroxylation is 2. The summed E-state index contributed by atoms with van der Waals surface area (Å²) in [5.74, 6) is 0. The van der Waals surface area contributed by atoms with Crippen LogP contribution in [0.1, 0.15) is 0 Å². The molecule has 2 heterocycles. The Bertz CT molecular complexity index is 947. The molecule has 0 aliphatic rings. The van der Waals surface area contributed by atoms with E-state index in [4.69, 9.17) is 0 Å². The van der Waals surface area contributed by atoms with Crippen molar-refractivity contribution in [3.63, 3.8) is 0 Å². The van der Waals surface area contributed by atoms with Crippen LogP contribution in [0.15, 0.2) is 32.3 Å². The van der Waals surface area contributed by atoms with Crippen LogP contribution in [-0.2, 0) is 21.1 Å². The van der Waals surface area contributed by atoms with E-state index in [0.717, 1.165) is 19.9 Å². The topological polar surface area (TPSA) is 48.9 Å². The largest absolute Gasteiger partial charge is 0.338 e. The molecule has 3 rings (SSSR count). The smallest absolute Gasteiger partial charge is 0.331 e. The standard InChI is InChI=1S/C13H12BrN3O2/c1-15-9-5-4-7(14)6-8(9)10-11(15)12(18)17(3)13(19)16(10)2/h4-6H,1-3H3. The summed E-state index contributed by atoms with van der Waals surface area (Å²) in [5, 5.41) is 0.893. The molecule has 0 unspecified atom stereocenters. The van der Waals surface area contributed by atoms with Crippen molar-refractivity contribution in [2.45, 2.75) is 0 Å². The van der Waals surface area contributed by atoms with Crippen LogP contribution >= 0.6 is 15.9 Å². The first-order valence-corrected chi connectivity index (χ1v) is 6.56. The molecule has 0 atom stereocenters. The lowest BCUT2D eigenvalue weighted by atomic mass is 10.2. The predicted octanol–water partition coefficient (Wildman–Crippen LogP) is 1.49. The number of nitrogens with zero attached hydrogens (tertiary/aromatic N) is 3. The molecule has 3 aromatic rings. The van der Waals surface area contributed by atoms with Crippen LogP contribution in [0.3, 0.4) is 0 Å². The second kappa shape index (κ2) is 3.84. The van der Waals surface area contributed by atoms with Crippen LogP contribution in [0.25, 0.3) is 21.9 Å². The highest BCUT2D eigenvalue weighted by Gasteiger charge is 2.16. The number of rotatable bonds is 0. The van der Waals surface area contributed by atoms with Crippen molar-refractivity contribution in [1.29, 1.82) is 0 Å². The summed E-state index contributed by atoms with van der Waals surface area (Å²) in [6.45, 7) is 0. The maximum atomic E-state index is 12.3. The van der Waals surface area contributed by atoms with Crippen molar-refractivity contribution in [2.24, 2.45) is 21.1 Å². The number of aromatic nitrogens is 3. The van der Waals surface area contributed by atoms with Crippen molar-refractivity contribution >= 4 is 37.9 Å². The molecule has 0 saturated heterocycles. The summed E-state index contributed by atoms with van der Waals surface area (Å²) in [6.07, 6.45) is 0. The van der Waals surface area contributed by atoms with Gasteiger partial charge in [0.25, 0.3) is 5.56 Å². The van der Waals surface area contributed by atoms with Gasteiger partial charge in [-0.2, -0.15) is 0 Å². The summed E-state index contributed by atoms with van der Waals surface area (Å²) < 4.78 is 5.40. The van der Waals surface area contributed by atoms with Crippen LogP contribution in [-0.4, -0.2) is 13.7 Å². The highest BCUT2D eigenvalue weighted by atomic mass is 79.9. The molecule has 0 fully saturated rings. The third kappa shape index (κ3) is 1.46. The van der Waals surface area contributed by atoms with E-state index >= 15 is 0 Å². The molecule has 6 heteroatoms. The maximum Gasteiger partial charge on any atom is 0.331 e. The first-order chi connectivity index (χ1) is 8.93. The number of hydrogen-bond donors (Lipinski definition) is 0. The molecule has 0 spiro atoms. The van der Waals surface area contributed by atoms with Crippen molar-refractivity contribution in [3.05, 3.63) is 43.5 Å². The van der Waals surface area contributed by atoms with Gasteiger partial charge in [0.05, 0.1) is 11.0 Å². The van der Waals surface area contributed by atoms with Crippen LogP contribution < -0.4 is 11.2 Å². The molecule has 1 aromatic carbocycles. The summed E-state index contributed by atoms with van der Waals surface area (Å²) in [7, 11) is 5.02. The van der Waals surface area contributed by atoms with E-state index in [1.165, 1.54) is 11.6 Å². The predicted molar refractivity (Wildman–Crippen MR) is 78.6 cm³/mol. The molecule has 0 radical (unpaired) electrons. The third-order valence-corrected chi connectivity index (χ3v) is 4.04. The van der Waals surface area contributed by atoms with E-state index < -0.39 is 0 Å². The molecular weight excluding hydrogens is 310 g/mol. The third-order valence-electron chi connectivity index (χ3n) is 3.55. The lowest BCUT2D eigenvalue weighted by Crippen LogP contribution is -2.37. The van der Waals surface area contributed by atoms with Crippen molar-refractivity contribution in [1.82, 2.24) is 13.7 Å². The molecule has 2 aromatic heterocycles. The fourth-order valence-corrected chi connectivity index (χ4v) is 2.91. The van der Waals surface area contributed by atoms with Gasteiger partial charge in [-0.3, -0.25) is 13.9 Å². The van der Waals surface area contributed by atoms with Crippen molar-refractivity contribution in [2.75, 3.05) is 0 Å². The van der Waals surface area contributed by atoms with Crippen LogP contribution in [0.2, 0.25) is 0 Å². The second-order valence-corrected chi connectivity index (χ2v) is 5.54. The lowest BCUT2D eigenvalue weighted by Gasteiger charge is -2.04. The van der Waals surface area contributed by atoms with Crippen molar-refractivity contribution < 1.29 is 0 Å². The van der Waals surface area contributed by atoms with Gasteiger partial charge in [-0.15, -0.1) is 0 Å². The zero-order chi connectivity index (χ0) is 13.9. The SMILES string of the molecule is Cn1c(=O)c2c(c3cc(Br)ccc3n2C)n(C)c1=O. The number of hydrogen-bond acceptors (Lipinski definition) is 2. The van der Waals surface area contributed by atoms with E-state index in [-0.39, 0.29) is 11.2 Å². The van der Waals surface area contributed by atoms with Gasteiger partial charge < -0.3 is 4.57 Å². The number of benzene rings is 1. The minimum absolute atomic E-state index is 0.270. The Hall–Kier alpha value is -1.82. The maximum absolute atomic E-state index is 12.3. The molecule has 0 aliphatic heterocycles. The van der Waals surface area contributed by atoms with Crippen LogP contribution in [0.4, 0.5) is 0 Å². The molecule has 5 nitrogen and oxygen atoms in total. The Morgan fingerprint density at radius 3 is 2.32 bits per heavy atom. The highest BCUT2D eigenvalue weighted by Crippen LogP contribution is 2.27. The molecule has 0 bridgehead atoms. The minimum Gasteiger partial charge on any atom is -0.338 e. The van der Waals surface area contributed by atoms with Crippen molar-refractivity contribution in [3.8, 4) is 0 Å². The Labute approximate surface area is 116 Å².